The summed E-state index contributed by atoms with van der Waals surface area (Å²) in [6, 6.07) is 11.6. The van der Waals surface area contributed by atoms with Crippen LogP contribution in [-0.4, -0.2) is 5.91 Å². The summed E-state index contributed by atoms with van der Waals surface area (Å²) in [5.74, 6) is -0.0845. The zero-order chi connectivity index (χ0) is 14.8. The van der Waals surface area contributed by atoms with Crippen LogP contribution >= 0.6 is 0 Å². The number of aryl methyl sites for hydroxylation is 2. The highest BCUT2D eigenvalue weighted by Gasteiger charge is 2.16. The lowest BCUT2D eigenvalue weighted by Crippen LogP contribution is -2.16. The summed E-state index contributed by atoms with van der Waals surface area (Å²) in [5, 5.41) is 3.06. The standard InChI is InChI=1S/C18H20N2O/c1-12-9-10-14(19)11-16(12)18(21)20-17-8-4-6-13-5-2-3-7-15(13)17/h4,6,8-11H,2-3,5,7,19H2,1H3,(H,20,21). The number of nitrogen functional groups attached to an aromatic ring is 1. The van der Waals surface area contributed by atoms with E-state index in [4.69, 9.17) is 5.73 Å². The predicted molar refractivity (Wildman–Crippen MR) is 86.6 cm³/mol. The summed E-state index contributed by atoms with van der Waals surface area (Å²) in [5.41, 5.74) is 11.6. The van der Waals surface area contributed by atoms with Crippen molar-refractivity contribution in [3.8, 4) is 0 Å². The minimum absolute atomic E-state index is 0.0845. The third-order valence-electron chi connectivity index (χ3n) is 4.15. The number of nitrogens with one attached hydrogen (secondary N) is 1. The van der Waals surface area contributed by atoms with Gasteiger partial charge in [-0.1, -0.05) is 18.2 Å². The largest absolute Gasteiger partial charge is 0.399 e. The molecule has 2 aromatic carbocycles. The first-order valence-electron chi connectivity index (χ1n) is 7.43. The normalized spacial score (nSPS) is 13.6. The van der Waals surface area contributed by atoms with E-state index >= 15 is 0 Å². The molecule has 0 heterocycles. The maximum absolute atomic E-state index is 12.5. The Morgan fingerprint density at radius 1 is 1.14 bits per heavy atom. The molecule has 3 nitrogen and oxygen atoms in total. The fourth-order valence-corrected chi connectivity index (χ4v) is 2.97. The third-order valence-corrected chi connectivity index (χ3v) is 4.15. The van der Waals surface area contributed by atoms with Crippen molar-refractivity contribution in [3.05, 3.63) is 58.7 Å². The molecular weight excluding hydrogens is 260 g/mol. The molecule has 0 fully saturated rings. The molecule has 1 amide bonds. The molecule has 3 N–H and O–H groups in total. The molecule has 0 aliphatic heterocycles. The Hall–Kier alpha value is -2.29. The molecule has 0 saturated heterocycles. The lowest BCUT2D eigenvalue weighted by Gasteiger charge is -2.20. The first-order valence-corrected chi connectivity index (χ1v) is 7.43. The second kappa shape index (κ2) is 5.60. The summed E-state index contributed by atoms with van der Waals surface area (Å²) in [4.78, 5) is 12.5. The van der Waals surface area contributed by atoms with Gasteiger partial charge in [-0.15, -0.1) is 0 Å². The lowest BCUT2D eigenvalue weighted by molar-refractivity contribution is 0.102. The number of benzene rings is 2. The highest BCUT2D eigenvalue weighted by atomic mass is 16.1. The second-order valence-corrected chi connectivity index (χ2v) is 5.68. The molecular formula is C18H20N2O. The molecule has 1 aliphatic carbocycles. The number of carbonyl (C=O) groups excluding carboxylic acids is 1. The fraction of sp³-hybridized carbons (Fsp3) is 0.278. The molecule has 0 atom stereocenters. The van der Waals surface area contributed by atoms with E-state index in [-0.39, 0.29) is 5.91 Å². The monoisotopic (exact) mass is 280 g/mol. The quantitative estimate of drug-likeness (QED) is 0.824. The third kappa shape index (κ3) is 2.77. The van der Waals surface area contributed by atoms with E-state index in [0.29, 0.717) is 11.3 Å². The van der Waals surface area contributed by atoms with Gasteiger partial charge in [0.1, 0.15) is 0 Å². The van der Waals surface area contributed by atoms with Crippen LogP contribution in [0.1, 0.15) is 39.9 Å². The van der Waals surface area contributed by atoms with Crippen molar-refractivity contribution < 1.29 is 4.79 Å². The number of hydrogen-bond acceptors (Lipinski definition) is 2. The van der Waals surface area contributed by atoms with Crippen molar-refractivity contribution in [2.45, 2.75) is 32.6 Å². The van der Waals surface area contributed by atoms with Crippen molar-refractivity contribution in [1.29, 1.82) is 0 Å². The molecule has 0 saturated carbocycles. The van der Waals surface area contributed by atoms with Crippen LogP contribution in [0.5, 0.6) is 0 Å². The van der Waals surface area contributed by atoms with Gasteiger partial charge in [0.05, 0.1) is 0 Å². The van der Waals surface area contributed by atoms with Gasteiger partial charge in [-0.05, 0) is 67.5 Å². The Bertz CT molecular complexity index is 692. The van der Waals surface area contributed by atoms with E-state index in [0.717, 1.165) is 24.1 Å². The Labute approximate surface area is 125 Å². The molecule has 0 radical (unpaired) electrons. The zero-order valence-corrected chi connectivity index (χ0v) is 12.3. The lowest BCUT2D eigenvalue weighted by atomic mass is 9.90. The van der Waals surface area contributed by atoms with Gasteiger partial charge in [0.15, 0.2) is 0 Å². The molecule has 1 aliphatic rings. The summed E-state index contributed by atoms with van der Waals surface area (Å²) in [6.45, 7) is 1.93. The van der Waals surface area contributed by atoms with Gasteiger partial charge in [-0.3, -0.25) is 4.79 Å². The van der Waals surface area contributed by atoms with Crippen LogP contribution < -0.4 is 11.1 Å². The van der Waals surface area contributed by atoms with Gasteiger partial charge in [0, 0.05) is 16.9 Å². The van der Waals surface area contributed by atoms with Gasteiger partial charge in [0.25, 0.3) is 5.91 Å². The van der Waals surface area contributed by atoms with Crippen LogP contribution in [0.2, 0.25) is 0 Å². The summed E-state index contributed by atoms with van der Waals surface area (Å²) < 4.78 is 0. The molecule has 3 heteroatoms. The van der Waals surface area contributed by atoms with Crippen LogP contribution in [0.15, 0.2) is 36.4 Å². The fourth-order valence-electron chi connectivity index (χ4n) is 2.97. The summed E-state index contributed by atoms with van der Waals surface area (Å²) >= 11 is 0. The van der Waals surface area contributed by atoms with Crippen LogP contribution in [0, 0.1) is 6.92 Å². The van der Waals surface area contributed by atoms with Crippen molar-refractivity contribution in [2.75, 3.05) is 11.1 Å². The van der Waals surface area contributed by atoms with E-state index < -0.39 is 0 Å². The number of amides is 1. The second-order valence-electron chi connectivity index (χ2n) is 5.68. The van der Waals surface area contributed by atoms with E-state index in [1.807, 2.05) is 31.2 Å². The van der Waals surface area contributed by atoms with Gasteiger partial charge in [-0.2, -0.15) is 0 Å². The number of nitrogens with two attached hydrogens (primary N) is 1. The van der Waals surface area contributed by atoms with Gasteiger partial charge >= 0.3 is 0 Å². The van der Waals surface area contributed by atoms with Crippen molar-refractivity contribution in [3.63, 3.8) is 0 Å². The first kappa shape index (κ1) is 13.7. The zero-order valence-electron chi connectivity index (χ0n) is 12.3. The van der Waals surface area contributed by atoms with Crippen LogP contribution in [-0.2, 0) is 12.8 Å². The Morgan fingerprint density at radius 2 is 1.95 bits per heavy atom. The van der Waals surface area contributed by atoms with E-state index in [1.54, 1.807) is 6.07 Å². The first-order chi connectivity index (χ1) is 10.1. The molecule has 2 aromatic rings. The molecule has 0 unspecified atom stereocenters. The van der Waals surface area contributed by atoms with Crippen LogP contribution in [0.25, 0.3) is 0 Å². The van der Waals surface area contributed by atoms with E-state index in [2.05, 4.69) is 11.4 Å². The smallest absolute Gasteiger partial charge is 0.256 e. The average molecular weight is 280 g/mol. The minimum Gasteiger partial charge on any atom is -0.399 e. The van der Waals surface area contributed by atoms with E-state index in [1.165, 1.54) is 24.0 Å². The predicted octanol–water partition coefficient (Wildman–Crippen LogP) is 3.71. The number of anilines is 2. The number of carbonyl (C=O) groups is 1. The molecule has 0 bridgehead atoms. The Balaban J connectivity index is 1.90. The van der Waals surface area contributed by atoms with Crippen LogP contribution in [0.4, 0.5) is 11.4 Å². The van der Waals surface area contributed by atoms with Gasteiger partial charge < -0.3 is 11.1 Å². The van der Waals surface area contributed by atoms with E-state index in [9.17, 15) is 4.79 Å². The highest BCUT2D eigenvalue weighted by molar-refractivity contribution is 6.06. The molecule has 3 rings (SSSR count). The van der Waals surface area contributed by atoms with Crippen LogP contribution in [0.3, 0.4) is 0 Å². The number of fused-ring (bicyclic) bond motifs is 1. The Kier molecular flexibility index (Phi) is 3.65. The van der Waals surface area contributed by atoms with Crippen molar-refractivity contribution in [1.82, 2.24) is 0 Å². The molecule has 0 aromatic heterocycles. The van der Waals surface area contributed by atoms with Crippen molar-refractivity contribution in [2.24, 2.45) is 0 Å². The average Bonchev–Trinajstić information content (AvgIpc) is 2.50. The minimum atomic E-state index is -0.0845. The molecule has 0 spiro atoms. The topological polar surface area (TPSA) is 55.1 Å². The van der Waals surface area contributed by atoms with Gasteiger partial charge in [0.2, 0.25) is 0 Å². The highest BCUT2D eigenvalue weighted by Crippen LogP contribution is 2.28. The number of rotatable bonds is 2. The Morgan fingerprint density at radius 3 is 2.81 bits per heavy atom. The maximum atomic E-state index is 12.5. The summed E-state index contributed by atoms with van der Waals surface area (Å²) in [7, 11) is 0. The molecule has 108 valence electrons. The molecule has 21 heavy (non-hydrogen) atoms. The maximum Gasteiger partial charge on any atom is 0.256 e. The number of hydrogen-bond donors (Lipinski definition) is 2. The SMILES string of the molecule is Cc1ccc(N)cc1C(=O)Nc1cccc2c1CCCC2. The summed E-state index contributed by atoms with van der Waals surface area (Å²) in [6.07, 6.45) is 4.58. The van der Waals surface area contributed by atoms with Crippen molar-refractivity contribution >= 4 is 17.3 Å². The van der Waals surface area contributed by atoms with Gasteiger partial charge in [-0.25, -0.2) is 0 Å².